The van der Waals surface area contributed by atoms with E-state index in [1.165, 1.54) is 6.07 Å². The van der Waals surface area contributed by atoms with Crippen LogP contribution in [0.15, 0.2) is 47.5 Å². The van der Waals surface area contributed by atoms with Crippen LogP contribution in [-0.2, 0) is 30.3 Å². The molecule has 47 heavy (non-hydrogen) atoms. The number of allylic oxidation sites excluding steroid dienone is 2. The van der Waals surface area contributed by atoms with Gasteiger partial charge >= 0.3 is 17.9 Å². The summed E-state index contributed by atoms with van der Waals surface area (Å²) in [4.78, 5) is 68.0. The van der Waals surface area contributed by atoms with Crippen molar-refractivity contribution in [1.29, 1.82) is 0 Å². The fourth-order valence-corrected chi connectivity index (χ4v) is 6.02. The number of hydrogen-bond acceptors (Lipinski definition) is 8. The van der Waals surface area contributed by atoms with Gasteiger partial charge in [0.05, 0.1) is 11.1 Å². The van der Waals surface area contributed by atoms with Crippen LogP contribution in [0.1, 0.15) is 143 Å². The number of esters is 3. The summed E-state index contributed by atoms with van der Waals surface area (Å²) in [6, 6.07) is 9.72. The Labute approximate surface area is 277 Å². The number of rotatable bonds is 16. The van der Waals surface area contributed by atoms with Crippen LogP contribution in [0.3, 0.4) is 0 Å². The molecule has 2 aliphatic carbocycles. The highest BCUT2D eigenvalue weighted by molar-refractivity contribution is 6.34. The number of fused-ring (bicyclic) bond motifs is 3. The van der Waals surface area contributed by atoms with E-state index in [-0.39, 0.29) is 70.3 Å². The van der Waals surface area contributed by atoms with Gasteiger partial charge in [-0.2, -0.15) is 0 Å². The van der Waals surface area contributed by atoms with Gasteiger partial charge in [0.15, 0.2) is 23.1 Å². The number of unbranched alkanes of at least 4 members (excludes halogenated alkanes) is 6. The molecule has 0 atom stereocenters. The van der Waals surface area contributed by atoms with Gasteiger partial charge in [0.25, 0.3) is 0 Å². The first-order valence-electron chi connectivity index (χ1n) is 17.1. The molecule has 0 aromatic heterocycles. The van der Waals surface area contributed by atoms with E-state index in [4.69, 9.17) is 14.2 Å². The largest absolute Gasteiger partial charge is 0.426 e. The summed E-state index contributed by atoms with van der Waals surface area (Å²) in [5.41, 5.74) is 1.20. The van der Waals surface area contributed by atoms with Crippen LogP contribution in [0.25, 0.3) is 11.5 Å². The van der Waals surface area contributed by atoms with Crippen molar-refractivity contribution in [3.8, 4) is 5.75 Å². The van der Waals surface area contributed by atoms with Gasteiger partial charge in [-0.25, -0.2) is 0 Å². The molecule has 8 nitrogen and oxygen atoms in total. The van der Waals surface area contributed by atoms with Gasteiger partial charge in [0, 0.05) is 47.1 Å². The number of benzene rings is 2. The van der Waals surface area contributed by atoms with E-state index < -0.39 is 29.5 Å². The summed E-state index contributed by atoms with van der Waals surface area (Å²) < 4.78 is 17.8. The average Bonchev–Trinajstić information content (AvgIpc) is 3.04. The van der Waals surface area contributed by atoms with E-state index in [1.807, 2.05) is 20.8 Å². The van der Waals surface area contributed by atoms with Crippen LogP contribution in [0, 0.1) is 5.92 Å². The molecule has 0 radical (unpaired) electrons. The number of carbonyl (C=O) groups is 5. The predicted molar refractivity (Wildman–Crippen MR) is 180 cm³/mol. The number of hydrogen-bond donors (Lipinski definition) is 0. The molecule has 2 aromatic carbocycles. The summed E-state index contributed by atoms with van der Waals surface area (Å²) in [6.45, 7) is 9.82. The highest BCUT2D eigenvalue weighted by Gasteiger charge is 2.44. The van der Waals surface area contributed by atoms with E-state index in [2.05, 4.69) is 13.8 Å². The van der Waals surface area contributed by atoms with Crippen molar-refractivity contribution in [2.45, 2.75) is 112 Å². The summed E-state index contributed by atoms with van der Waals surface area (Å²) in [5.74, 6) is -2.35. The maximum atomic E-state index is 14.4. The lowest BCUT2D eigenvalue weighted by molar-refractivity contribution is -0.137. The molecule has 0 fully saturated rings. The first-order chi connectivity index (χ1) is 22.6. The Balaban J connectivity index is 1.93. The molecule has 0 saturated carbocycles. The highest BCUT2D eigenvalue weighted by Crippen LogP contribution is 2.47. The summed E-state index contributed by atoms with van der Waals surface area (Å²) in [5, 5.41) is 0. The predicted octanol–water partition coefficient (Wildman–Crippen LogP) is 8.74. The fraction of sp³-hybridized carbons (Fsp3) is 0.462. The van der Waals surface area contributed by atoms with Crippen molar-refractivity contribution < 1.29 is 38.2 Å². The normalized spacial score (nSPS) is 13.7. The Morgan fingerprint density at radius 3 is 1.74 bits per heavy atom. The number of ketones is 2. The van der Waals surface area contributed by atoms with E-state index in [9.17, 15) is 24.0 Å². The molecule has 0 heterocycles. The Morgan fingerprint density at radius 1 is 0.617 bits per heavy atom. The van der Waals surface area contributed by atoms with Crippen LogP contribution in [0.5, 0.6) is 5.75 Å². The Kier molecular flexibility index (Phi) is 12.5. The van der Waals surface area contributed by atoms with E-state index in [0.717, 1.165) is 38.5 Å². The molecule has 0 spiro atoms. The molecular weight excluding hydrogens is 596 g/mol. The first kappa shape index (κ1) is 35.5. The molecule has 0 unspecified atom stereocenters. The fourth-order valence-electron chi connectivity index (χ4n) is 6.02. The lowest BCUT2D eigenvalue weighted by atomic mass is 9.75. The van der Waals surface area contributed by atoms with Crippen LogP contribution in [-0.4, -0.2) is 29.5 Å². The summed E-state index contributed by atoms with van der Waals surface area (Å²) in [6.07, 6.45) is 7.70. The van der Waals surface area contributed by atoms with Crippen LogP contribution < -0.4 is 4.74 Å². The van der Waals surface area contributed by atoms with E-state index >= 15 is 0 Å². The van der Waals surface area contributed by atoms with Crippen LogP contribution in [0.4, 0.5) is 0 Å². The van der Waals surface area contributed by atoms with Gasteiger partial charge in [0.2, 0.25) is 0 Å². The number of carbonyl (C=O) groups excluding carboxylic acids is 5. The maximum absolute atomic E-state index is 14.4. The molecule has 2 aliphatic rings. The minimum atomic E-state index is -0.548. The van der Waals surface area contributed by atoms with Crippen molar-refractivity contribution in [2.75, 3.05) is 0 Å². The third-order valence-electron chi connectivity index (χ3n) is 8.37. The zero-order valence-corrected chi connectivity index (χ0v) is 28.3. The Hall–Kier alpha value is -4.33. The van der Waals surface area contributed by atoms with Crippen LogP contribution in [0.2, 0.25) is 0 Å². The molecular formula is C39H46O8. The molecule has 8 heteroatoms. The Morgan fingerprint density at radius 2 is 1.17 bits per heavy atom. The molecule has 2 aromatic rings. The van der Waals surface area contributed by atoms with Crippen molar-refractivity contribution in [3.05, 3.63) is 75.4 Å². The number of Topliss-reactive ketones (excluding diaryl/α,β-unsaturated/α-hetero) is 2. The zero-order chi connectivity index (χ0) is 34.1. The highest BCUT2D eigenvalue weighted by atomic mass is 16.5. The molecule has 0 bridgehead atoms. The SMILES string of the molecule is CCCCCCC(=O)OC1=C2C(=O)c3ccc(OC(=O)CC(C)C)c(CC)c3C(OC(=O)CCCCCC)=C2C(=O)c2ccccc21. The van der Waals surface area contributed by atoms with E-state index in [1.54, 1.807) is 30.3 Å². The van der Waals surface area contributed by atoms with Gasteiger partial charge in [-0.05, 0) is 37.3 Å². The monoisotopic (exact) mass is 642 g/mol. The minimum absolute atomic E-state index is 0.0201. The molecule has 0 amide bonds. The lowest BCUT2D eigenvalue weighted by Gasteiger charge is -2.30. The standard InChI is InChI=1S/C39H46O8/c1-6-9-11-13-19-30(40)46-38-27-18-16-15-17-26(27)36(43)35-34(38)37(44)28-21-22-29(45-32(42)23-24(4)5)25(8-3)33(28)39(35)47-31(41)20-14-12-10-7-2/h15-18,21-22,24H,6-14,19-20,23H2,1-5H3. The maximum Gasteiger partial charge on any atom is 0.311 e. The zero-order valence-electron chi connectivity index (χ0n) is 28.3. The van der Waals surface area contributed by atoms with Gasteiger partial charge in [-0.15, -0.1) is 0 Å². The summed E-state index contributed by atoms with van der Waals surface area (Å²) in [7, 11) is 0. The van der Waals surface area contributed by atoms with Gasteiger partial charge in [-0.3, -0.25) is 24.0 Å². The minimum Gasteiger partial charge on any atom is -0.426 e. The molecule has 4 rings (SSSR count). The Bertz CT molecular complexity index is 1610. The second-order valence-electron chi connectivity index (χ2n) is 12.6. The topological polar surface area (TPSA) is 113 Å². The second kappa shape index (κ2) is 16.5. The smallest absolute Gasteiger partial charge is 0.311 e. The average molecular weight is 643 g/mol. The van der Waals surface area contributed by atoms with Crippen molar-refractivity contribution in [1.82, 2.24) is 0 Å². The van der Waals surface area contributed by atoms with E-state index in [0.29, 0.717) is 30.4 Å². The first-order valence-corrected chi connectivity index (χ1v) is 17.1. The third kappa shape index (κ3) is 8.16. The molecule has 0 N–H and O–H groups in total. The van der Waals surface area contributed by atoms with Crippen molar-refractivity contribution in [3.63, 3.8) is 0 Å². The number of ether oxygens (including phenoxy) is 3. The summed E-state index contributed by atoms with van der Waals surface area (Å²) >= 11 is 0. The lowest BCUT2D eigenvalue weighted by Crippen LogP contribution is -2.29. The van der Waals surface area contributed by atoms with Gasteiger partial charge in [-0.1, -0.05) is 97.4 Å². The van der Waals surface area contributed by atoms with Gasteiger partial charge < -0.3 is 14.2 Å². The van der Waals surface area contributed by atoms with Gasteiger partial charge in [0.1, 0.15) is 5.75 Å². The molecule has 250 valence electrons. The van der Waals surface area contributed by atoms with Crippen molar-refractivity contribution in [2.24, 2.45) is 5.92 Å². The molecule has 0 saturated heterocycles. The third-order valence-corrected chi connectivity index (χ3v) is 8.37. The molecule has 0 aliphatic heterocycles. The van der Waals surface area contributed by atoms with Crippen LogP contribution >= 0.6 is 0 Å². The second-order valence-corrected chi connectivity index (χ2v) is 12.6. The van der Waals surface area contributed by atoms with Crippen molar-refractivity contribution >= 4 is 41.0 Å². The quantitative estimate of drug-likeness (QED) is 0.101.